The summed E-state index contributed by atoms with van der Waals surface area (Å²) in [5.41, 5.74) is 6.51. The van der Waals surface area contributed by atoms with Crippen LogP contribution in [0.3, 0.4) is 0 Å². The molecule has 6 nitrogen and oxygen atoms in total. The number of hydrogen-bond acceptors (Lipinski definition) is 4. The Morgan fingerprint density at radius 2 is 2.20 bits per heavy atom. The fourth-order valence-electron chi connectivity index (χ4n) is 2.37. The molecule has 1 aliphatic rings. The normalized spacial score (nSPS) is 16.3. The van der Waals surface area contributed by atoms with Gasteiger partial charge in [-0.1, -0.05) is 12.1 Å². The highest BCUT2D eigenvalue weighted by atomic mass is 16.6. The van der Waals surface area contributed by atoms with Crippen molar-refractivity contribution >= 4 is 11.6 Å². The number of carbonyl (C=O) groups is 1. The molecule has 20 heavy (non-hydrogen) atoms. The second-order valence-corrected chi connectivity index (χ2v) is 5.57. The third-order valence-corrected chi connectivity index (χ3v) is 3.82. The highest BCUT2D eigenvalue weighted by Gasteiger charge is 2.35. The van der Waals surface area contributed by atoms with E-state index in [1.807, 2.05) is 0 Å². The number of nitro benzene ring substituents is 1. The minimum absolute atomic E-state index is 0.0151. The number of hydrogen-bond donors (Lipinski definition) is 1. The van der Waals surface area contributed by atoms with Crippen molar-refractivity contribution in [3.8, 4) is 0 Å². The fourth-order valence-corrected chi connectivity index (χ4v) is 2.37. The molecule has 0 heterocycles. The molecule has 2 rings (SSSR count). The summed E-state index contributed by atoms with van der Waals surface area (Å²) in [4.78, 5) is 23.9. The predicted molar refractivity (Wildman–Crippen MR) is 75.0 cm³/mol. The first-order valence-corrected chi connectivity index (χ1v) is 6.66. The van der Waals surface area contributed by atoms with Crippen LogP contribution >= 0.6 is 0 Å². The van der Waals surface area contributed by atoms with Gasteiger partial charge in [0.15, 0.2) is 0 Å². The lowest BCUT2D eigenvalue weighted by atomic mass is 9.75. The van der Waals surface area contributed by atoms with Crippen LogP contribution in [0.25, 0.3) is 0 Å². The molecule has 6 heteroatoms. The number of non-ortho nitro benzene ring substituents is 1. The van der Waals surface area contributed by atoms with E-state index >= 15 is 0 Å². The average molecular weight is 277 g/mol. The number of benzene rings is 1. The number of nitrogens with zero attached hydrogens (tertiary/aromatic N) is 2. The van der Waals surface area contributed by atoms with Gasteiger partial charge in [-0.15, -0.1) is 0 Å². The maximum absolute atomic E-state index is 12.1. The summed E-state index contributed by atoms with van der Waals surface area (Å²) in [6.07, 6.45) is 3.21. The number of nitro groups is 1. The van der Waals surface area contributed by atoms with Gasteiger partial charge in [-0.3, -0.25) is 14.9 Å². The van der Waals surface area contributed by atoms with Gasteiger partial charge in [0.1, 0.15) is 0 Å². The van der Waals surface area contributed by atoms with E-state index in [0.29, 0.717) is 13.0 Å². The summed E-state index contributed by atoms with van der Waals surface area (Å²) in [6.45, 7) is 0.358. The van der Waals surface area contributed by atoms with Crippen LogP contribution in [0.4, 0.5) is 5.69 Å². The van der Waals surface area contributed by atoms with Crippen molar-refractivity contribution in [1.29, 1.82) is 0 Å². The zero-order chi connectivity index (χ0) is 14.8. The Hall–Kier alpha value is -1.95. The Morgan fingerprint density at radius 3 is 2.75 bits per heavy atom. The van der Waals surface area contributed by atoms with Crippen molar-refractivity contribution in [3.05, 3.63) is 39.9 Å². The monoisotopic (exact) mass is 277 g/mol. The van der Waals surface area contributed by atoms with E-state index < -0.39 is 4.92 Å². The Kier molecular flexibility index (Phi) is 4.04. The molecule has 0 unspecified atom stereocenters. The van der Waals surface area contributed by atoms with Crippen LogP contribution in [0.5, 0.6) is 0 Å². The van der Waals surface area contributed by atoms with Gasteiger partial charge in [-0.25, -0.2) is 0 Å². The molecule has 0 spiro atoms. The Bertz CT molecular complexity index is 526. The average Bonchev–Trinajstić information content (AvgIpc) is 2.37. The zero-order valence-electron chi connectivity index (χ0n) is 11.5. The zero-order valence-corrected chi connectivity index (χ0v) is 11.5. The molecule has 108 valence electrons. The van der Waals surface area contributed by atoms with Gasteiger partial charge in [0.05, 0.1) is 4.92 Å². The van der Waals surface area contributed by atoms with Crippen LogP contribution in [0.2, 0.25) is 0 Å². The first-order chi connectivity index (χ1) is 9.39. The maximum Gasteiger partial charge on any atom is 0.269 e. The van der Waals surface area contributed by atoms with Gasteiger partial charge in [-0.2, -0.15) is 0 Å². The van der Waals surface area contributed by atoms with Crippen LogP contribution in [-0.2, 0) is 11.3 Å². The van der Waals surface area contributed by atoms with Crippen molar-refractivity contribution in [1.82, 2.24) is 4.90 Å². The van der Waals surface area contributed by atoms with E-state index in [2.05, 4.69) is 0 Å². The van der Waals surface area contributed by atoms with E-state index in [1.165, 1.54) is 12.1 Å². The number of carbonyl (C=O) groups excluding carboxylic acids is 1. The smallest absolute Gasteiger partial charge is 0.269 e. The number of rotatable bonds is 5. The maximum atomic E-state index is 12.1. The summed E-state index contributed by atoms with van der Waals surface area (Å²) >= 11 is 0. The largest absolute Gasteiger partial charge is 0.341 e. The molecule has 1 saturated carbocycles. The van der Waals surface area contributed by atoms with E-state index in [1.54, 1.807) is 24.1 Å². The Balaban J connectivity index is 1.96. The molecule has 1 amide bonds. The summed E-state index contributed by atoms with van der Waals surface area (Å²) in [5, 5.41) is 10.7. The minimum atomic E-state index is -0.436. The minimum Gasteiger partial charge on any atom is -0.341 e. The van der Waals surface area contributed by atoms with Crippen LogP contribution in [0.1, 0.15) is 31.2 Å². The number of amides is 1. The summed E-state index contributed by atoms with van der Waals surface area (Å²) in [5.74, 6) is -0.0151. The summed E-state index contributed by atoms with van der Waals surface area (Å²) < 4.78 is 0. The summed E-state index contributed by atoms with van der Waals surface area (Å²) in [6, 6.07) is 6.33. The molecule has 0 atom stereocenters. The lowest BCUT2D eigenvalue weighted by Crippen LogP contribution is -2.50. The Morgan fingerprint density at radius 1 is 1.50 bits per heavy atom. The van der Waals surface area contributed by atoms with Gasteiger partial charge in [0.2, 0.25) is 5.91 Å². The van der Waals surface area contributed by atoms with Crippen LogP contribution in [-0.4, -0.2) is 28.3 Å². The van der Waals surface area contributed by atoms with Crippen molar-refractivity contribution in [2.24, 2.45) is 5.73 Å². The lowest BCUT2D eigenvalue weighted by molar-refractivity contribution is -0.384. The van der Waals surface area contributed by atoms with E-state index in [-0.39, 0.29) is 17.1 Å². The van der Waals surface area contributed by atoms with Crippen molar-refractivity contribution in [3.63, 3.8) is 0 Å². The standard InChI is InChI=1S/C14H19N3O3/c1-16(13(18)9-14(15)6-3-7-14)10-11-4-2-5-12(8-11)17(19)20/h2,4-5,8H,3,6-7,9-10,15H2,1H3. The Labute approximate surface area is 117 Å². The van der Waals surface area contributed by atoms with Gasteiger partial charge in [-0.05, 0) is 24.8 Å². The van der Waals surface area contributed by atoms with Crippen molar-refractivity contribution in [2.75, 3.05) is 7.05 Å². The van der Waals surface area contributed by atoms with Crippen molar-refractivity contribution in [2.45, 2.75) is 37.8 Å². The van der Waals surface area contributed by atoms with Crippen molar-refractivity contribution < 1.29 is 9.72 Å². The molecule has 0 aromatic heterocycles. The van der Waals surface area contributed by atoms with Gasteiger partial charge < -0.3 is 10.6 Å². The third kappa shape index (κ3) is 3.33. The molecule has 1 aromatic carbocycles. The van der Waals surface area contributed by atoms with Gasteiger partial charge in [0.25, 0.3) is 5.69 Å². The van der Waals surface area contributed by atoms with Gasteiger partial charge in [0, 0.05) is 37.7 Å². The molecule has 1 aromatic rings. The van der Waals surface area contributed by atoms with Crippen LogP contribution in [0, 0.1) is 10.1 Å². The predicted octanol–water partition coefficient (Wildman–Crippen LogP) is 1.82. The lowest BCUT2D eigenvalue weighted by Gasteiger charge is -2.38. The SMILES string of the molecule is CN(Cc1cccc([N+](=O)[O-])c1)C(=O)CC1(N)CCC1. The molecule has 1 fully saturated rings. The second kappa shape index (κ2) is 5.58. The molecule has 0 radical (unpaired) electrons. The first kappa shape index (κ1) is 14.5. The first-order valence-electron chi connectivity index (χ1n) is 6.66. The number of nitrogens with two attached hydrogens (primary N) is 1. The molecule has 2 N–H and O–H groups in total. The molecule has 1 aliphatic carbocycles. The fraction of sp³-hybridized carbons (Fsp3) is 0.500. The molecular formula is C14H19N3O3. The summed E-state index contributed by atoms with van der Waals surface area (Å²) in [7, 11) is 1.70. The van der Waals surface area contributed by atoms with E-state index in [9.17, 15) is 14.9 Å². The van der Waals surface area contributed by atoms with Gasteiger partial charge >= 0.3 is 0 Å². The van der Waals surface area contributed by atoms with Crippen LogP contribution in [0.15, 0.2) is 24.3 Å². The van der Waals surface area contributed by atoms with E-state index in [0.717, 1.165) is 24.8 Å². The molecule has 0 aliphatic heterocycles. The topological polar surface area (TPSA) is 89.5 Å². The molecule has 0 bridgehead atoms. The molecule has 0 saturated heterocycles. The highest BCUT2D eigenvalue weighted by Crippen LogP contribution is 2.32. The quantitative estimate of drug-likeness (QED) is 0.656. The molecular weight excluding hydrogens is 258 g/mol. The third-order valence-electron chi connectivity index (χ3n) is 3.82. The van der Waals surface area contributed by atoms with Crippen LogP contribution < -0.4 is 5.73 Å². The highest BCUT2D eigenvalue weighted by molar-refractivity contribution is 5.77. The van der Waals surface area contributed by atoms with E-state index in [4.69, 9.17) is 5.73 Å². The second-order valence-electron chi connectivity index (χ2n) is 5.57.